The van der Waals surface area contributed by atoms with E-state index >= 15 is 0 Å². The Kier molecular flexibility index (Phi) is 10.1. The summed E-state index contributed by atoms with van der Waals surface area (Å²) >= 11 is 0. The Labute approximate surface area is 239 Å². The zero-order chi connectivity index (χ0) is 31.4. The number of aromatic amines is 1. The number of nitrogen functional groups attached to an aromatic ring is 1. The number of nitrogens with two attached hydrogens (primary N) is 1. The van der Waals surface area contributed by atoms with Crippen LogP contribution in [0.2, 0.25) is 0 Å². The number of nitrogens with one attached hydrogen (secondary N) is 1. The number of anilines is 1. The van der Waals surface area contributed by atoms with E-state index in [-0.39, 0.29) is 36.9 Å². The number of fused-ring (bicyclic) bond motifs is 1. The maximum Gasteiger partial charge on any atom is 0.490 e. The quantitative estimate of drug-likeness (QED) is 0.0614. The van der Waals surface area contributed by atoms with Crippen molar-refractivity contribution in [3.8, 4) is 5.75 Å². The number of phosphoric ester groups is 1. The normalized spacial score (nSPS) is 21.6. The second-order valence-electron chi connectivity index (χ2n) is 8.52. The standard InChI is InChI=1S/C18H23N8O14P3/c19-18-23-16-15(17(27)24-18)21-8-26(16)14-5-12(35-6-10-1-3-11(4-2-10)36-9-22-25-20)13(38-14)7-37-42(31,32)40-43(33,34)39-41(28,29)30/h1-4,8,12-14H,5-7,9H2,(H,31,32)(H,33,34)(H2,28,29,30)(H3,19,23,24,27)/t12?,13-,14-/m1/s1. The number of rotatable bonds is 14. The number of ether oxygens (including phenoxy) is 3. The van der Waals surface area contributed by atoms with Gasteiger partial charge in [0, 0.05) is 11.3 Å². The molecule has 43 heavy (non-hydrogen) atoms. The molecule has 4 rings (SSSR count). The van der Waals surface area contributed by atoms with Gasteiger partial charge in [-0.2, -0.15) is 13.6 Å². The Morgan fingerprint density at radius 2 is 1.88 bits per heavy atom. The van der Waals surface area contributed by atoms with E-state index in [1.54, 1.807) is 24.3 Å². The topological polar surface area (TPSA) is 326 Å². The Morgan fingerprint density at radius 1 is 1.16 bits per heavy atom. The molecule has 0 saturated carbocycles. The van der Waals surface area contributed by atoms with E-state index in [0.717, 1.165) is 0 Å². The van der Waals surface area contributed by atoms with E-state index in [4.69, 9.17) is 39.8 Å². The van der Waals surface area contributed by atoms with E-state index < -0.39 is 54.1 Å². The number of azide groups is 1. The number of benzene rings is 1. The summed E-state index contributed by atoms with van der Waals surface area (Å²) in [5, 5.41) is 3.27. The molecule has 2 aromatic heterocycles. The van der Waals surface area contributed by atoms with Gasteiger partial charge in [0.2, 0.25) is 5.95 Å². The van der Waals surface area contributed by atoms with Crippen molar-refractivity contribution in [1.29, 1.82) is 0 Å². The molecule has 0 aliphatic carbocycles. The predicted molar refractivity (Wildman–Crippen MR) is 141 cm³/mol. The molecule has 234 valence electrons. The maximum atomic E-state index is 12.3. The summed E-state index contributed by atoms with van der Waals surface area (Å²) in [5.74, 6) is 0.226. The van der Waals surface area contributed by atoms with E-state index in [1.807, 2.05) is 0 Å². The lowest BCUT2D eigenvalue weighted by atomic mass is 10.1. The molecule has 1 aliphatic rings. The van der Waals surface area contributed by atoms with Gasteiger partial charge in [-0.1, -0.05) is 17.2 Å². The van der Waals surface area contributed by atoms with Gasteiger partial charge in [0.1, 0.15) is 18.1 Å². The zero-order valence-electron chi connectivity index (χ0n) is 21.4. The Bertz CT molecular complexity index is 1700. The van der Waals surface area contributed by atoms with Gasteiger partial charge < -0.3 is 39.5 Å². The Morgan fingerprint density at radius 3 is 2.56 bits per heavy atom. The predicted octanol–water partition coefficient (Wildman–Crippen LogP) is 1.56. The molecular weight excluding hydrogens is 645 g/mol. The largest absolute Gasteiger partial charge is 0.490 e. The molecule has 22 nitrogen and oxygen atoms in total. The van der Waals surface area contributed by atoms with E-state index in [2.05, 4.69) is 33.6 Å². The van der Waals surface area contributed by atoms with Crippen molar-refractivity contribution in [3.05, 3.63) is 57.0 Å². The molecule has 5 atom stereocenters. The van der Waals surface area contributed by atoms with Gasteiger partial charge in [-0.15, -0.1) is 0 Å². The van der Waals surface area contributed by atoms with Crippen LogP contribution in [0.1, 0.15) is 18.2 Å². The lowest BCUT2D eigenvalue weighted by Crippen LogP contribution is -2.29. The third-order valence-corrected chi connectivity index (χ3v) is 9.30. The number of H-pyrrole nitrogens is 1. The Hall–Kier alpha value is -3.19. The fourth-order valence-electron chi connectivity index (χ4n) is 3.84. The van der Waals surface area contributed by atoms with Crippen LogP contribution in [0.15, 0.2) is 40.5 Å². The molecular formula is C18H23N8O14P3. The van der Waals surface area contributed by atoms with Crippen molar-refractivity contribution in [1.82, 2.24) is 19.5 Å². The first-order chi connectivity index (χ1) is 20.1. The van der Waals surface area contributed by atoms with Crippen molar-refractivity contribution >= 4 is 40.6 Å². The van der Waals surface area contributed by atoms with Gasteiger partial charge in [-0.3, -0.25) is 18.9 Å². The minimum absolute atomic E-state index is 0.0152. The van der Waals surface area contributed by atoms with Crippen LogP contribution in [0.5, 0.6) is 5.75 Å². The molecule has 0 spiro atoms. The summed E-state index contributed by atoms with van der Waals surface area (Å²) in [4.78, 5) is 61.8. The van der Waals surface area contributed by atoms with Crippen LogP contribution >= 0.6 is 23.5 Å². The van der Waals surface area contributed by atoms with Gasteiger partial charge in [-0.05, 0) is 23.2 Å². The first-order valence-corrected chi connectivity index (χ1v) is 16.2. The van der Waals surface area contributed by atoms with E-state index in [9.17, 15) is 28.3 Å². The molecule has 1 aromatic carbocycles. The molecule has 0 amide bonds. The molecule has 0 radical (unpaired) electrons. The average molecular weight is 668 g/mol. The highest BCUT2D eigenvalue weighted by Crippen LogP contribution is 2.66. The molecule has 0 bridgehead atoms. The van der Waals surface area contributed by atoms with Gasteiger partial charge in [0.25, 0.3) is 5.56 Å². The highest BCUT2D eigenvalue weighted by molar-refractivity contribution is 7.66. The van der Waals surface area contributed by atoms with Crippen molar-refractivity contribution in [2.45, 2.75) is 31.5 Å². The van der Waals surface area contributed by atoms with Crippen LogP contribution in [-0.2, 0) is 42.9 Å². The lowest BCUT2D eigenvalue weighted by Gasteiger charge is -2.21. The third kappa shape index (κ3) is 9.15. The minimum atomic E-state index is -5.74. The number of imidazole rings is 1. The van der Waals surface area contributed by atoms with Gasteiger partial charge >= 0.3 is 23.5 Å². The molecule has 1 fully saturated rings. The van der Waals surface area contributed by atoms with Gasteiger partial charge in [0.15, 0.2) is 17.9 Å². The third-order valence-electron chi connectivity index (χ3n) is 5.50. The minimum Gasteiger partial charge on any atom is -0.488 e. The summed E-state index contributed by atoms with van der Waals surface area (Å²) in [7, 11) is -16.8. The van der Waals surface area contributed by atoms with Crippen LogP contribution in [0, 0.1) is 0 Å². The SMILES string of the molecule is [N-]=[N+]=NCOc1ccc(COC2C[C@H](n3cnc4c(=O)[nH]c(N)nc43)O[C@@H]2COP(=O)(O)OP(=O)(O)OP(=O)(O)O)cc1. The second-order valence-corrected chi connectivity index (χ2v) is 12.9. The van der Waals surface area contributed by atoms with Gasteiger partial charge in [-0.25, -0.2) is 18.7 Å². The molecule has 3 aromatic rings. The van der Waals surface area contributed by atoms with E-state index in [0.29, 0.717) is 11.3 Å². The second kappa shape index (κ2) is 13.2. The van der Waals surface area contributed by atoms with Crippen LogP contribution in [-0.4, -0.2) is 64.6 Å². The van der Waals surface area contributed by atoms with Gasteiger partial charge in [0.05, 0.1) is 25.6 Å². The monoisotopic (exact) mass is 668 g/mol. The molecule has 3 heterocycles. The fourth-order valence-corrected chi connectivity index (χ4v) is 6.87. The summed E-state index contributed by atoms with van der Waals surface area (Å²) in [6.07, 6.45) is -1.64. The highest BCUT2D eigenvalue weighted by atomic mass is 31.3. The summed E-state index contributed by atoms with van der Waals surface area (Å²) in [6.45, 7) is -1.02. The van der Waals surface area contributed by atoms with Crippen molar-refractivity contribution in [2.75, 3.05) is 19.1 Å². The molecule has 1 saturated heterocycles. The highest BCUT2D eigenvalue weighted by Gasteiger charge is 2.43. The maximum absolute atomic E-state index is 12.3. The van der Waals surface area contributed by atoms with Crippen molar-refractivity contribution in [2.24, 2.45) is 5.11 Å². The lowest BCUT2D eigenvalue weighted by molar-refractivity contribution is -0.0630. The first kappa shape index (κ1) is 32.7. The fraction of sp³-hybridized carbons (Fsp3) is 0.389. The molecule has 3 unspecified atom stereocenters. The summed E-state index contributed by atoms with van der Waals surface area (Å²) in [5.41, 5.74) is 14.0. The number of aromatic nitrogens is 4. The van der Waals surface area contributed by atoms with Crippen LogP contribution < -0.4 is 16.0 Å². The van der Waals surface area contributed by atoms with Crippen molar-refractivity contribution < 1.29 is 60.6 Å². The molecule has 25 heteroatoms. The van der Waals surface area contributed by atoms with E-state index in [1.165, 1.54) is 10.9 Å². The van der Waals surface area contributed by atoms with Crippen LogP contribution in [0.3, 0.4) is 0 Å². The van der Waals surface area contributed by atoms with Crippen LogP contribution in [0.25, 0.3) is 21.6 Å². The Balaban J connectivity index is 1.50. The average Bonchev–Trinajstić information content (AvgIpc) is 3.49. The van der Waals surface area contributed by atoms with Crippen LogP contribution in [0.4, 0.5) is 5.95 Å². The smallest absolute Gasteiger partial charge is 0.488 e. The molecule has 1 aliphatic heterocycles. The number of nitrogens with zero attached hydrogens (tertiary/aromatic N) is 6. The summed E-state index contributed by atoms with van der Waals surface area (Å²) < 4.78 is 65.5. The molecule has 7 N–H and O–H groups in total. The summed E-state index contributed by atoms with van der Waals surface area (Å²) in [6, 6.07) is 6.50. The van der Waals surface area contributed by atoms with Crippen molar-refractivity contribution in [3.63, 3.8) is 0 Å². The number of hydrogen-bond donors (Lipinski definition) is 6. The zero-order valence-corrected chi connectivity index (χ0v) is 24.1. The number of hydrogen-bond acceptors (Lipinski definition) is 14. The number of phosphoric acid groups is 3. The first-order valence-electron chi connectivity index (χ1n) is 11.6.